The maximum absolute atomic E-state index is 11.8. The van der Waals surface area contributed by atoms with Gasteiger partial charge in [0.1, 0.15) is 4.88 Å². The first-order valence-electron chi connectivity index (χ1n) is 6.04. The van der Waals surface area contributed by atoms with Crippen molar-refractivity contribution in [2.45, 2.75) is 32.1 Å². The summed E-state index contributed by atoms with van der Waals surface area (Å²) in [6.45, 7) is 0.207. The Labute approximate surface area is 109 Å². The number of carbonyl (C=O) groups is 2. The van der Waals surface area contributed by atoms with Crippen LogP contribution in [0.5, 0.6) is 0 Å². The molecule has 1 aromatic rings. The molecule has 1 amide bonds. The quantitative estimate of drug-likeness (QED) is 0.874. The highest BCUT2D eigenvalue weighted by Gasteiger charge is 2.39. The predicted molar refractivity (Wildman–Crippen MR) is 67.6 cm³/mol. The van der Waals surface area contributed by atoms with E-state index in [2.05, 4.69) is 10.3 Å². The average molecular weight is 268 g/mol. The first kappa shape index (κ1) is 13.0. The maximum Gasteiger partial charge on any atom is 0.311 e. The number of carboxylic acids is 1. The summed E-state index contributed by atoms with van der Waals surface area (Å²) in [5, 5.41) is 12.1. The molecular weight excluding hydrogens is 252 g/mol. The van der Waals surface area contributed by atoms with Crippen LogP contribution in [-0.2, 0) is 4.79 Å². The van der Waals surface area contributed by atoms with Gasteiger partial charge in [0.25, 0.3) is 5.91 Å². The molecule has 0 unspecified atom stereocenters. The molecule has 0 saturated heterocycles. The minimum Gasteiger partial charge on any atom is -0.481 e. The number of thiazole rings is 1. The van der Waals surface area contributed by atoms with E-state index in [1.54, 1.807) is 5.51 Å². The zero-order chi connectivity index (χ0) is 13.0. The number of carboxylic acid groups (broad SMARTS) is 1. The lowest BCUT2D eigenvalue weighted by Crippen LogP contribution is -2.44. The van der Waals surface area contributed by atoms with Crippen molar-refractivity contribution in [3.8, 4) is 0 Å². The van der Waals surface area contributed by atoms with Gasteiger partial charge >= 0.3 is 5.97 Å². The highest BCUT2D eigenvalue weighted by Crippen LogP contribution is 2.36. The molecule has 0 aliphatic heterocycles. The van der Waals surface area contributed by atoms with E-state index < -0.39 is 11.4 Å². The van der Waals surface area contributed by atoms with Crippen molar-refractivity contribution in [2.75, 3.05) is 6.54 Å². The van der Waals surface area contributed by atoms with E-state index in [0.29, 0.717) is 17.7 Å². The highest BCUT2D eigenvalue weighted by atomic mass is 32.1. The predicted octanol–water partition coefficient (Wildman–Crippen LogP) is 1.91. The van der Waals surface area contributed by atoms with E-state index in [-0.39, 0.29) is 12.5 Å². The number of hydrogen-bond acceptors (Lipinski definition) is 4. The first-order valence-corrected chi connectivity index (χ1v) is 6.92. The van der Waals surface area contributed by atoms with Gasteiger partial charge in [-0.05, 0) is 12.8 Å². The Balaban J connectivity index is 1.98. The van der Waals surface area contributed by atoms with E-state index in [0.717, 1.165) is 19.3 Å². The second-order valence-electron chi connectivity index (χ2n) is 4.69. The Bertz CT molecular complexity index is 425. The molecule has 1 aromatic heterocycles. The minimum atomic E-state index is -0.799. The van der Waals surface area contributed by atoms with Gasteiger partial charge < -0.3 is 10.4 Å². The summed E-state index contributed by atoms with van der Waals surface area (Å²) < 4.78 is 0. The van der Waals surface area contributed by atoms with Crippen LogP contribution in [0.1, 0.15) is 41.8 Å². The Morgan fingerprint density at radius 1 is 1.39 bits per heavy atom. The van der Waals surface area contributed by atoms with Crippen molar-refractivity contribution in [3.63, 3.8) is 0 Å². The van der Waals surface area contributed by atoms with Gasteiger partial charge in [-0.1, -0.05) is 19.3 Å². The summed E-state index contributed by atoms with van der Waals surface area (Å²) in [4.78, 5) is 27.5. The zero-order valence-electron chi connectivity index (χ0n) is 10.0. The van der Waals surface area contributed by atoms with Gasteiger partial charge in [-0.3, -0.25) is 14.6 Å². The summed E-state index contributed by atoms with van der Waals surface area (Å²) >= 11 is 1.25. The van der Waals surface area contributed by atoms with Crippen molar-refractivity contribution in [1.82, 2.24) is 10.3 Å². The molecule has 0 aromatic carbocycles. The summed E-state index contributed by atoms with van der Waals surface area (Å²) in [5.41, 5.74) is 0.807. The molecule has 1 fully saturated rings. The molecule has 1 heterocycles. The second-order valence-corrected chi connectivity index (χ2v) is 5.58. The van der Waals surface area contributed by atoms with Crippen LogP contribution in [0, 0.1) is 5.41 Å². The topological polar surface area (TPSA) is 79.3 Å². The maximum atomic E-state index is 11.8. The van der Waals surface area contributed by atoms with Gasteiger partial charge in [0.15, 0.2) is 0 Å². The van der Waals surface area contributed by atoms with Gasteiger partial charge in [-0.25, -0.2) is 0 Å². The zero-order valence-corrected chi connectivity index (χ0v) is 10.8. The molecule has 2 rings (SSSR count). The lowest BCUT2D eigenvalue weighted by Gasteiger charge is -2.33. The normalized spacial score (nSPS) is 18.2. The summed E-state index contributed by atoms with van der Waals surface area (Å²) in [7, 11) is 0. The summed E-state index contributed by atoms with van der Waals surface area (Å²) in [6.07, 6.45) is 5.70. The number of nitrogens with one attached hydrogen (secondary N) is 1. The van der Waals surface area contributed by atoms with Gasteiger partial charge in [-0.2, -0.15) is 0 Å². The molecule has 1 aliphatic rings. The smallest absolute Gasteiger partial charge is 0.311 e. The first-order chi connectivity index (χ1) is 8.64. The lowest BCUT2D eigenvalue weighted by molar-refractivity contribution is -0.150. The lowest BCUT2D eigenvalue weighted by atomic mass is 9.74. The fraction of sp³-hybridized carbons (Fsp3) is 0.583. The molecule has 0 spiro atoms. The van der Waals surface area contributed by atoms with Crippen molar-refractivity contribution in [3.05, 3.63) is 16.6 Å². The highest BCUT2D eigenvalue weighted by molar-refractivity contribution is 7.11. The number of aromatic nitrogens is 1. The number of carbonyl (C=O) groups excluding carboxylic acids is 1. The Hall–Kier alpha value is -1.43. The molecule has 2 N–H and O–H groups in total. The number of nitrogens with zero attached hydrogens (tertiary/aromatic N) is 1. The number of amides is 1. The molecule has 1 saturated carbocycles. The number of hydrogen-bond donors (Lipinski definition) is 2. The molecule has 1 aliphatic carbocycles. The van der Waals surface area contributed by atoms with E-state index in [9.17, 15) is 14.7 Å². The Morgan fingerprint density at radius 3 is 2.67 bits per heavy atom. The molecule has 0 atom stereocenters. The molecule has 98 valence electrons. The van der Waals surface area contributed by atoms with Gasteiger partial charge in [-0.15, -0.1) is 11.3 Å². The third kappa shape index (κ3) is 2.69. The molecule has 5 nitrogen and oxygen atoms in total. The molecule has 0 radical (unpaired) electrons. The van der Waals surface area contributed by atoms with Crippen LogP contribution >= 0.6 is 11.3 Å². The Kier molecular flexibility index (Phi) is 3.96. The molecule has 0 bridgehead atoms. The number of rotatable bonds is 4. The van der Waals surface area contributed by atoms with Crippen LogP contribution in [0.2, 0.25) is 0 Å². The van der Waals surface area contributed by atoms with Crippen LogP contribution in [0.15, 0.2) is 11.7 Å². The van der Waals surface area contributed by atoms with E-state index in [1.807, 2.05) is 0 Å². The van der Waals surface area contributed by atoms with Crippen molar-refractivity contribution in [2.24, 2.45) is 5.41 Å². The fourth-order valence-corrected chi connectivity index (χ4v) is 2.90. The van der Waals surface area contributed by atoms with Crippen LogP contribution in [-0.4, -0.2) is 28.5 Å². The van der Waals surface area contributed by atoms with Gasteiger partial charge in [0, 0.05) is 6.54 Å². The standard InChI is InChI=1S/C12H16N2O3S/c15-10(9-6-13-8-18-9)14-7-12(11(16)17)4-2-1-3-5-12/h6,8H,1-5,7H2,(H,14,15)(H,16,17). The molecule has 18 heavy (non-hydrogen) atoms. The van der Waals surface area contributed by atoms with Gasteiger partial charge in [0.2, 0.25) is 0 Å². The van der Waals surface area contributed by atoms with E-state index in [1.165, 1.54) is 17.5 Å². The third-order valence-electron chi connectivity index (χ3n) is 3.51. The molecular formula is C12H16N2O3S. The van der Waals surface area contributed by atoms with Crippen LogP contribution in [0.4, 0.5) is 0 Å². The largest absolute Gasteiger partial charge is 0.481 e. The monoisotopic (exact) mass is 268 g/mol. The SMILES string of the molecule is O=C(NCC1(C(=O)O)CCCCC1)c1cncs1. The van der Waals surface area contributed by atoms with Crippen LogP contribution < -0.4 is 5.32 Å². The van der Waals surface area contributed by atoms with Crippen LogP contribution in [0.3, 0.4) is 0 Å². The number of aliphatic carboxylic acids is 1. The Morgan fingerprint density at radius 2 is 2.11 bits per heavy atom. The minimum absolute atomic E-state index is 0.207. The van der Waals surface area contributed by atoms with Crippen LogP contribution in [0.25, 0.3) is 0 Å². The molecule has 6 heteroatoms. The second kappa shape index (κ2) is 5.48. The van der Waals surface area contributed by atoms with Crippen molar-refractivity contribution >= 4 is 23.2 Å². The van der Waals surface area contributed by atoms with Crippen molar-refractivity contribution in [1.29, 1.82) is 0 Å². The summed E-state index contributed by atoms with van der Waals surface area (Å²) in [5.74, 6) is -1.03. The fourth-order valence-electron chi connectivity index (χ4n) is 2.36. The van der Waals surface area contributed by atoms with E-state index >= 15 is 0 Å². The van der Waals surface area contributed by atoms with Crippen molar-refractivity contribution < 1.29 is 14.7 Å². The summed E-state index contributed by atoms with van der Waals surface area (Å²) in [6, 6.07) is 0. The van der Waals surface area contributed by atoms with Gasteiger partial charge in [0.05, 0.1) is 17.1 Å². The average Bonchev–Trinajstić information content (AvgIpc) is 2.91. The van der Waals surface area contributed by atoms with E-state index in [4.69, 9.17) is 0 Å². The third-order valence-corrected chi connectivity index (χ3v) is 4.28.